The van der Waals surface area contributed by atoms with Gasteiger partial charge in [-0.2, -0.15) is 0 Å². The average Bonchev–Trinajstić information content (AvgIpc) is 2.97. The lowest BCUT2D eigenvalue weighted by Gasteiger charge is -2.21. The maximum Gasteiger partial charge on any atom is 0.254 e. The number of ether oxygens (including phenoxy) is 1. The standard InChI is InChI=1S/C16H19FN2O2/c1-19(11-14-5-3-9-21-14)16(20)15-7-6-13(17)10-12(15)4-2-8-18/h6-7,10,14H,3,5,8-9,11,18H2,1H3. The van der Waals surface area contributed by atoms with Crippen molar-refractivity contribution in [2.45, 2.75) is 18.9 Å². The van der Waals surface area contributed by atoms with Crippen molar-refractivity contribution >= 4 is 5.91 Å². The number of nitrogens with zero attached hydrogens (tertiary/aromatic N) is 1. The summed E-state index contributed by atoms with van der Waals surface area (Å²) in [4.78, 5) is 14.1. The van der Waals surface area contributed by atoms with E-state index in [1.807, 2.05) is 0 Å². The maximum absolute atomic E-state index is 13.3. The Hall–Kier alpha value is -1.90. The zero-order valence-electron chi connectivity index (χ0n) is 12.1. The van der Waals surface area contributed by atoms with Crippen LogP contribution in [0.2, 0.25) is 0 Å². The van der Waals surface area contributed by atoms with Crippen molar-refractivity contribution in [1.82, 2.24) is 4.90 Å². The number of benzene rings is 1. The Morgan fingerprint density at radius 2 is 2.38 bits per heavy atom. The van der Waals surface area contributed by atoms with E-state index < -0.39 is 5.82 Å². The number of amides is 1. The smallest absolute Gasteiger partial charge is 0.254 e. The van der Waals surface area contributed by atoms with Crippen LogP contribution in [-0.2, 0) is 4.74 Å². The number of halogens is 1. The van der Waals surface area contributed by atoms with Crippen LogP contribution >= 0.6 is 0 Å². The average molecular weight is 290 g/mol. The van der Waals surface area contributed by atoms with Gasteiger partial charge in [0.15, 0.2) is 0 Å². The molecule has 2 rings (SSSR count). The SMILES string of the molecule is CN(CC1CCCO1)C(=O)c1ccc(F)cc1C#CCN. The minimum absolute atomic E-state index is 0.0815. The van der Waals surface area contributed by atoms with Gasteiger partial charge in [0, 0.05) is 25.8 Å². The molecule has 0 aliphatic carbocycles. The van der Waals surface area contributed by atoms with Gasteiger partial charge in [-0.05, 0) is 31.0 Å². The summed E-state index contributed by atoms with van der Waals surface area (Å²) in [6, 6.07) is 3.99. The monoisotopic (exact) mass is 290 g/mol. The van der Waals surface area contributed by atoms with Gasteiger partial charge in [0.25, 0.3) is 5.91 Å². The molecular formula is C16H19FN2O2. The fraction of sp³-hybridized carbons (Fsp3) is 0.438. The van der Waals surface area contributed by atoms with Gasteiger partial charge in [0.1, 0.15) is 5.82 Å². The molecule has 1 aliphatic heterocycles. The van der Waals surface area contributed by atoms with Gasteiger partial charge in [-0.15, -0.1) is 0 Å². The molecule has 21 heavy (non-hydrogen) atoms. The molecule has 0 bridgehead atoms. The molecule has 0 aromatic heterocycles. The summed E-state index contributed by atoms with van der Waals surface area (Å²) in [7, 11) is 1.72. The first-order chi connectivity index (χ1) is 10.1. The summed E-state index contributed by atoms with van der Waals surface area (Å²) in [5.41, 5.74) is 6.08. The van der Waals surface area contributed by atoms with E-state index in [1.54, 1.807) is 11.9 Å². The van der Waals surface area contributed by atoms with Gasteiger partial charge < -0.3 is 15.4 Å². The third-order valence-corrected chi connectivity index (χ3v) is 3.39. The van der Waals surface area contributed by atoms with Crippen molar-refractivity contribution in [3.05, 3.63) is 35.1 Å². The Morgan fingerprint density at radius 3 is 3.05 bits per heavy atom. The van der Waals surface area contributed by atoms with Crippen molar-refractivity contribution < 1.29 is 13.9 Å². The van der Waals surface area contributed by atoms with E-state index in [0.717, 1.165) is 19.4 Å². The fourth-order valence-corrected chi connectivity index (χ4v) is 2.33. The second-order valence-corrected chi connectivity index (χ2v) is 5.02. The van der Waals surface area contributed by atoms with E-state index in [4.69, 9.17) is 10.5 Å². The molecule has 0 saturated carbocycles. The minimum Gasteiger partial charge on any atom is -0.376 e. The highest BCUT2D eigenvalue weighted by atomic mass is 19.1. The predicted molar refractivity (Wildman–Crippen MR) is 78.3 cm³/mol. The highest BCUT2D eigenvalue weighted by Crippen LogP contribution is 2.16. The normalized spacial score (nSPS) is 17.2. The van der Waals surface area contributed by atoms with Gasteiger partial charge >= 0.3 is 0 Å². The van der Waals surface area contributed by atoms with Crippen LogP contribution in [0.4, 0.5) is 4.39 Å². The van der Waals surface area contributed by atoms with E-state index in [0.29, 0.717) is 17.7 Å². The molecule has 1 amide bonds. The predicted octanol–water partition coefficient (Wildman–Crippen LogP) is 1.39. The number of likely N-dealkylation sites (N-methyl/N-ethyl adjacent to an activating group) is 1. The first-order valence-electron chi connectivity index (χ1n) is 6.97. The second-order valence-electron chi connectivity index (χ2n) is 5.02. The number of hydrogen-bond acceptors (Lipinski definition) is 3. The molecule has 4 nitrogen and oxygen atoms in total. The number of rotatable bonds is 3. The van der Waals surface area contributed by atoms with Gasteiger partial charge in [0.05, 0.1) is 18.2 Å². The molecule has 2 N–H and O–H groups in total. The lowest BCUT2D eigenvalue weighted by Crippen LogP contribution is -2.34. The van der Waals surface area contributed by atoms with Crippen LogP contribution in [0.5, 0.6) is 0 Å². The molecule has 1 heterocycles. The van der Waals surface area contributed by atoms with E-state index in [2.05, 4.69) is 11.8 Å². The Kier molecular flexibility index (Phi) is 5.32. The topological polar surface area (TPSA) is 55.6 Å². The van der Waals surface area contributed by atoms with Crippen LogP contribution in [0.3, 0.4) is 0 Å². The van der Waals surface area contributed by atoms with Gasteiger partial charge in [-0.25, -0.2) is 4.39 Å². The zero-order valence-corrected chi connectivity index (χ0v) is 12.1. The summed E-state index contributed by atoms with van der Waals surface area (Å²) in [5, 5.41) is 0. The van der Waals surface area contributed by atoms with Crippen LogP contribution in [0.25, 0.3) is 0 Å². The van der Waals surface area contributed by atoms with Gasteiger partial charge in [-0.1, -0.05) is 11.8 Å². The van der Waals surface area contributed by atoms with Crippen LogP contribution in [0, 0.1) is 17.7 Å². The summed E-state index contributed by atoms with van der Waals surface area (Å²) in [5.74, 6) is 4.79. The highest BCUT2D eigenvalue weighted by Gasteiger charge is 2.22. The molecule has 1 aromatic carbocycles. The van der Waals surface area contributed by atoms with Crippen LogP contribution in [0.15, 0.2) is 18.2 Å². The molecular weight excluding hydrogens is 271 g/mol. The van der Waals surface area contributed by atoms with Crippen molar-refractivity contribution in [1.29, 1.82) is 0 Å². The van der Waals surface area contributed by atoms with Crippen molar-refractivity contribution in [2.24, 2.45) is 5.73 Å². The summed E-state index contributed by atoms with van der Waals surface area (Å²) >= 11 is 0. The van der Waals surface area contributed by atoms with E-state index in [-0.39, 0.29) is 18.6 Å². The van der Waals surface area contributed by atoms with Crippen molar-refractivity contribution in [2.75, 3.05) is 26.7 Å². The second kappa shape index (κ2) is 7.21. The third kappa shape index (κ3) is 4.03. The third-order valence-electron chi connectivity index (χ3n) is 3.39. The maximum atomic E-state index is 13.3. The molecule has 1 fully saturated rings. The van der Waals surface area contributed by atoms with E-state index >= 15 is 0 Å². The zero-order chi connectivity index (χ0) is 15.2. The number of carbonyl (C=O) groups is 1. The molecule has 1 aliphatic rings. The van der Waals surface area contributed by atoms with Crippen molar-refractivity contribution in [3.8, 4) is 11.8 Å². The van der Waals surface area contributed by atoms with Gasteiger partial charge in [-0.3, -0.25) is 4.79 Å². The first kappa shape index (κ1) is 15.5. The van der Waals surface area contributed by atoms with E-state index in [1.165, 1.54) is 18.2 Å². The molecule has 0 spiro atoms. The minimum atomic E-state index is -0.422. The van der Waals surface area contributed by atoms with E-state index in [9.17, 15) is 9.18 Å². The molecule has 1 aromatic rings. The Labute approximate surface area is 124 Å². The Bertz CT molecular complexity index is 571. The fourth-order valence-electron chi connectivity index (χ4n) is 2.33. The first-order valence-corrected chi connectivity index (χ1v) is 6.97. The highest BCUT2D eigenvalue weighted by molar-refractivity contribution is 5.96. The molecule has 1 unspecified atom stereocenters. The molecule has 112 valence electrons. The van der Waals surface area contributed by atoms with Gasteiger partial charge in [0.2, 0.25) is 0 Å². The summed E-state index contributed by atoms with van der Waals surface area (Å²) in [6.45, 7) is 1.44. The summed E-state index contributed by atoms with van der Waals surface area (Å²) < 4.78 is 18.8. The number of nitrogens with two attached hydrogens (primary N) is 1. The molecule has 0 radical (unpaired) electrons. The largest absolute Gasteiger partial charge is 0.376 e. The lowest BCUT2D eigenvalue weighted by atomic mass is 10.1. The van der Waals surface area contributed by atoms with Crippen LogP contribution in [0.1, 0.15) is 28.8 Å². The van der Waals surface area contributed by atoms with Crippen molar-refractivity contribution in [3.63, 3.8) is 0 Å². The lowest BCUT2D eigenvalue weighted by molar-refractivity contribution is 0.0587. The summed E-state index contributed by atoms with van der Waals surface area (Å²) in [6.07, 6.45) is 2.06. The number of carbonyl (C=O) groups excluding carboxylic acids is 1. The van der Waals surface area contributed by atoms with Crippen LogP contribution < -0.4 is 5.73 Å². The van der Waals surface area contributed by atoms with Crippen LogP contribution in [-0.4, -0.2) is 43.7 Å². The molecule has 1 atom stereocenters. The molecule has 1 saturated heterocycles. The Balaban J connectivity index is 2.17. The number of hydrogen-bond donors (Lipinski definition) is 1. The molecule has 5 heteroatoms. The quantitative estimate of drug-likeness (QED) is 0.856. The Morgan fingerprint density at radius 1 is 1.57 bits per heavy atom.